The number of rotatable bonds is 4. The van der Waals surface area contributed by atoms with Crippen molar-refractivity contribution in [1.82, 2.24) is 4.31 Å². The highest BCUT2D eigenvalue weighted by molar-refractivity contribution is 7.89. The van der Waals surface area contributed by atoms with E-state index in [1.54, 1.807) is 24.3 Å². The van der Waals surface area contributed by atoms with Crippen molar-refractivity contribution in [3.8, 4) is 23.8 Å². The van der Waals surface area contributed by atoms with Crippen molar-refractivity contribution in [2.24, 2.45) is 0 Å². The van der Waals surface area contributed by atoms with Crippen LogP contribution < -0.4 is 0 Å². The highest BCUT2D eigenvalue weighted by atomic mass is 32.2. The minimum absolute atomic E-state index is 0.105. The molecule has 0 unspecified atom stereocenters. The van der Waals surface area contributed by atoms with E-state index in [2.05, 4.69) is 23.8 Å². The molecule has 0 aliphatic carbocycles. The van der Waals surface area contributed by atoms with Crippen LogP contribution in [-0.2, 0) is 16.6 Å². The van der Waals surface area contributed by atoms with Gasteiger partial charge in [-0.3, -0.25) is 0 Å². The minimum Gasteiger partial charge on any atom is -0.378 e. The zero-order valence-corrected chi connectivity index (χ0v) is 15.8. The summed E-state index contributed by atoms with van der Waals surface area (Å²) >= 11 is 0. The van der Waals surface area contributed by atoms with Gasteiger partial charge in [0.1, 0.15) is 5.60 Å². The Morgan fingerprint density at radius 3 is 2.19 bits per heavy atom. The predicted molar refractivity (Wildman–Crippen MR) is 102 cm³/mol. The van der Waals surface area contributed by atoms with E-state index >= 15 is 0 Å². The fourth-order valence-electron chi connectivity index (χ4n) is 2.05. The Kier molecular flexibility index (Phi) is 6.10. The average Bonchev–Trinajstić information content (AvgIpc) is 2.58. The molecule has 0 aliphatic heterocycles. The Morgan fingerprint density at radius 1 is 1.00 bits per heavy atom. The smallest absolute Gasteiger partial charge is 0.271 e. The first kappa shape index (κ1) is 19.6. The van der Waals surface area contributed by atoms with Gasteiger partial charge in [-0.25, -0.2) is 12.7 Å². The van der Waals surface area contributed by atoms with Crippen LogP contribution in [-0.4, -0.2) is 23.4 Å². The predicted octanol–water partition coefficient (Wildman–Crippen LogP) is 2.92. The number of nitrogens with zero attached hydrogens (tertiary/aromatic N) is 1. The first-order valence-corrected chi connectivity index (χ1v) is 9.51. The van der Waals surface area contributed by atoms with Crippen LogP contribution in [0.1, 0.15) is 25.0 Å². The number of benzene rings is 2. The summed E-state index contributed by atoms with van der Waals surface area (Å²) in [5.74, 6) is 7.58. The van der Waals surface area contributed by atoms with Crippen LogP contribution in [0, 0.1) is 30.7 Å². The number of hydrogen-bond acceptors (Lipinski definition) is 3. The highest BCUT2D eigenvalue weighted by Gasteiger charge is 2.22. The van der Waals surface area contributed by atoms with E-state index in [9.17, 15) is 13.5 Å². The number of aryl methyl sites for hydroxylation is 1. The van der Waals surface area contributed by atoms with Crippen molar-refractivity contribution in [2.45, 2.75) is 37.8 Å². The Morgan fingerprint density at radius 2 is 1.62 bits per heavy atom. The molecule has 0 aromatic heterocycles. The van der Waals surface area contributed by atoms with Gasteiger partial charge in [-0.2, -0.15) is 0 Å². The summed E-state index contributed by atoms with van der Waals surface area (Å²) in [4.78, 5) is 0.170. The topological polar surface area (TPSA) is 57.6 Å². The summed E-state index contributed by atoms with van der Waals surface area (Å²) in [5.41, 5.74) is 0.600. The van der Waals surface area contributed by atoms with Gasteiger partial charge >= 0.3 is 0 Å². The van der Waals surface area contributed by atoms with Gasteiger partial charge in [0.15, 0.2) is 0 Å². The van der Waals surface area contributed by atoms with Crippen molar-refractivity contribution in [1.29, 1.82) is 0 Å². The van der Waals surface area contributed by atoms with E-state index in [0.717, 1.165) is 15.4 Å². The minimum atomic E-state index is -3.80. The summed E-state index contributed by atoms with van der Waals surface area (Å²) in [6, 6.07) is 18.4. The molecule has 0 atom stereocenters. The van der Waals surface area contributed by atoms with Gasteiger partial charge in [-0.1, -0.05) is 53.9 Å². The van der Waals surface area contributed by atoms with E-state index in [4.69, 9.17) is 0 Å². The van der Waals surface area contributed by atoms with Crippen molar-refractivity contribution >= 4 is 10.0 Å². The van der Waals surface area contributed by atoms with E-state index < -0.39 is 15.6 Å². The summed E-state index contributed by atoms with van der Waals surface area (Å²) in [5, 5.41) is 9.61. The van der Waals surface area contributed by atoms with Crippen LogP contribution in [0.25, 0.3) is 0 Å². The van der Waals surface area contributed by atoms with Crippen LogP contribution in [0.15, 0.2) is 59.5 Å². The fraction of sp³-hybridized carbons (Fsp3) is 0.238. The Labute approximate surface area is 155 Å². The Balaban J connectivity index is 2.40. The summed E-state index contributed by atoms with van der Waals surface area (Å²) in [7, 11) is -3.80. The van der Waals surface area contributed by atoms with E-state index in [1.165, 1.54) is 13.8 Å². The lowest BCUT2D eigenvalue weighted by atomic mass is 10.1. The molecule has 0 bridgehead atoms. The van der Waals surface area contributed by atoms with Gasteiger partial charge in [-0.15, -0.1) is 0 Å². The third-order valence-electron chi connectivity index (χ3n) is 3.39. The number of aliphatic hydroxyl groups is 1. The second kappa shape index (κ2) is 8.10. The monoisotopic (exact) mass is 367 g/mol. The Bertz CT molecular complexity index is 965. The molecule has 5 heteroatoms. The van der Waals surface area contributed by atoms with Gasteiger partial charge in [0, 0.05) is 12.0 Å². The largest absolute Gasteiger partial charge is 0.378 e. The average molecular weight is 367 g/mol. The molecule has 134 valence electrons. The lowest BCUT2D eigenvalue weighted by molar-refractivity contribution is 0.143. The summed E-state index contributed by atoms with van der Waals surface area (Å²) < 4.78 is 27.0. The molecule has 0 amide bonds. The molecule has 0 fully saturated rings. The fourth-order valence-corrected chi connectivity index (χ4v) is 3.27. The summed E-state index contributed by atoms with van der Waals surface area (Å²) in [6.07, 6.45) is 0. The lowest BCUT2D eigenvalue weighted by Crippen LogP contribution is -2.26. The SMILES string of the molecule is Cc1ccc(S(=O)(=O)N(C#CC#CC(C)(C)O)Cc2ccccc2)cc1. The normalized spacial score (nSPS) is 10.9. The van der Waals surface area contributed by atoms with Crippen molar-refractivity contribution in [3.63, 3.8) is 0 Å². The Hall–Kier alpha value is -2.73. The molecule has 2 aromatic carbocycles. The molecule has 2 aromatic rings. The quantitative estimate of drug-likeness (QED) is 0.668. The zero-order chi connectivity index (χ0) is 19.2. The first-order valence-electron chi connectivity index (χ1n) is 8.07. The maximum Gasteiger partial charge on any atom is 0.271 e. The molecule has 0 saturated carbocycles. The molecule has 2 rings (SSSR count). The van der Waals surface area contributed by atoms with Crippen LogP contribution in [0.2, 0.25) is 0 Å². The third kappa shape index (κ3) is 5.67. The maximum absolute atomic E-state index is 13.0. The maximum atomic E-state index is 13.0. The van der Waals surface area contributed by atoms with Crippen LogP contribution >= 0.6 is 0 Å². The van der Waals surface area contributed by atoms with Crippen molar-refractivity contribution in [2.75, 3.05) is 0 Å². The molecule has 0 heterocycles. The third-order valence-corrected chi connectivity index (χ3v) is 5.06. The van der Waals surface area contributed by atoms with Gasteiger partial charge in [0.2, 0.25) is 0 Å². The number of sulfonamides is 1. The molecule has 4 nitrogen and oxygen atoms in total. The number of hydrogen-bond donors (Lipinski definition) is 1. The van der Waals surface area contributed by atoms with Gasteiger partial charge in [-0.05, 0) is 44.4 Å². The van der Waals surface area contributed by atoms with E-state index in [1.807, 2.05) is 37.3 Å². The van der Waals surface area contributed by atoms with E-state index in [0.29, 0.717) is 0 Å². The van der Waals surface area contributed by atoms with Crippen LogP contribution in [0.5, 0.6) is 0 Å². The molecule has 0 aliphatic rings. The molecule has 0 saturated heterocycles. The standard InChI is InChI=1S/C21H21NO3S/c1-18-11-13-20(14-12-18)26(24,25)22(16-8-7-15-21(2,3)23)17-19-9-5-4-6-10-19/h4-6,9-14,23H,17H2,1-3H3. The van der Waals surface area contributed by atoms with Crippen molar-refractivity contribution in [3.05, 3.63) is 65.7 Å². The zero-order valence-electron chi connectivity index (χ0n) is 15.0. The van der Waals surface area contributed by atoms with Gasteiger partial charge in [0.05, 0.1) is 11.4 Å². The second-order valence-electron chi connectivity index (χ2n) is 6.36. The molecule has 1 N–H and O–H groups in total. The highest BCUT2D eigenvalue weighted by Crippen LogP contribution is 2.18. The van der Waals surface area contributed by atoms with Crippen molar-refractivity contribution < 1.29 is 13.5 Å². The van der Waals surface area contributed by atoms with Crippen LogP contribution in [0.3, 0.4) is 0 Å². The first-order chi connectivity index (χ1) is 12.2. The van der Waals surface area contributed by atoms with Gasteiger partial charge in [0.25, 0.3) is 10.0 Å². The molecule has 26 heavy (non-hydrogen) atoms. The molecule has 0 radical (unpaired) electrons. The second-order valence-corrected chi connectivity index (χ2v) is 8.22. The van der Waals surface area contributed by atoms with Gasteiger partial charge < -0.3 is 5.11 Å². The molecular formula is C21H21NO3S. The molecule has 0 spiro atoms. The van der Waals surface area contributed by atoms with Crippen LogP contribution in [0.4, 0.5) is 0 Å². The lowest BCUT2D eigenvalue weighted by Gasteiger charge is -2.18. The summed E-state index contributed by atoms with van der Waals surface area (Å²) in [6.45, 7) is 5.07. The molecular weight excluding hydrogens is 346 g/mol. The van der Waals surface area contributed by atoms with E-state index in [-0.39, 0.29) is 11.4 Å².